The van der Waals surface area contributed by atoms with E-state index < -0.39 is 16.0 Å². The standard InChI is InChI=1S/C24H18Cl2N2O5S/c1-15-6-8-20(9-7-15)34(30,31)33-23-21(26)11-16(12-22(23)32-2)10-17(14-27)24(29)28-19-5-3-4-18(25)13-19/h3-13H,1-2H3,(H,28,29)/b17-10+. The van der Waals surface area contributed by atoms with Crippen LogP contribution in [-0.2, 0) is 14.9 Å². The first-order chi connectivity index (χ1) is 16.1. The minimum absolute atomic E-state index is 0.00183. The fourth-order valence-corrected chi connectivity index (χ4v) is 4.30. The van der Waals surface area contributed by atoms with Gasteiger partial charge in [-0.2, -0.15) is 13.7 Å². The molecule has 0 aromatic heterocycles. The molecule has 7 nitrogen and oxygen atoms in total. The third-order valence-electron chi connectivity index (χ3n) is 4.51. The predicted octanol–water partition coefficient (Wildman–Crippen LogP) is 5.62. The molecule has 3 aromatic carbocycles. The number of anilines is 1. The Bertz CT molecular complexity index is 1410. The smallest absolute Gasteiger partial charge is 0.339 e. The number of hydrogen-bond donors (Lipinski definition) is 1. The number of ether oxygens (including phenoxy) is 1. The summed E-state index contributed by atoms with van der Waals surface area (Å²) in [5.74, 6) is -0.882. The van der Waals surface area contributed by atoms with Crippen LogP contribution in [0.15, 0.2) is 71.1 Å². The lowest BCUT2D eigenvalue weighted by atomic mass is 10.1. The number of halogens is 2. The van der Waals surface area contributed by atoms with Crippen LogP contribution in [0.2, 0.25) is 10.0 Å². The van der Waals surface area contributed by atoms with Gasteiger partial charge in [0, 0.05) is 10.7 Å². The monoisotopic (exact) mass is 516 g/mol. The van der Waals surface area contributed by atoms with Crippen molar-refractivity contribution < 1.29 is 22.1 Å². The van der Waals surface area contributed by atoms with Gasteiger partial charge in [0.25, 0.3) is 5.91 Å². The highest BCUT2D eigenvalue weighted by Crippen LogP contribution is 2.39. The number of carbonyl (C=O) groups is 1. The van der Waals surface area contributed by atoms with Crippen LogP contribution in [0.4, 0.5) is 5.69 Å². The molecule has 0 saturated carbocycles. The molecular weight excluding hydrogens is 499 g/mol. The molecule has 0 bridgehead atoms. The molecule has 0 radical (unpaired) electrons. The second-order valence-corrected chi connectivity index (χ2v) is 9.41. The maximum atomic E-state index is 12.7. The van der Waals surface area contributed by atoms with E-state index in [-0.39, 0.29) is 27.0 Å². The lowest BCUT2D eigenvalue weighted by Gasteiger charge is -2.13. The summed E-state index contributed by atoms with van der Waals surface area (Å²) >= 11 is 12.2. The summed E-state index contributed by atoms with van der Waals surface area (Å²) in [4.78, 5) is 12.5. The summed E-state index contributed by atoms with van der Waals surface area (Å²) in [5.41, 5.74) is 1.40. The molecule has 0 heterocycles. The van der Waals surface area contributed by atoms with E-state index in [9.17, 15) is 18.5 Å². The largest absolute Gasteiger partial charge is 0.493 e. The van der Waals surface area contributed by atoms with Gasteiger partial charge in [-0.15, -0.1) is 0 Å². The van der Waals surface area contributed by atoms with Crippen LogP contribution >= 0.6 is 23.2 Å². The van der Waals surface area contributed by atoms with Crippen molar-refractivity contribution in [3.8, 4) is 17.6 Å². The van der Waals surface area contributed by atoms with Gasteiger partial charge in [-0.05, 0) is 61.0 Å². The molecule has 0 unspecified atom stereocenters. The van der Waals surface area contributed by atoms with Crippen molar-refractivity contribution in [1.82, 2.24) is 0 Å². The fraction of sp³-hybridized carbons (Fsp3) is 0.0833. The molecule has 34 heavy (non-hydrogen) atoms. The van der Waals surface area contributed by atoms with Gasteiger partial charge in [-0.1, -0.05) is 47.0 Å². The van der Waals surface area contributed by atoms with Crippen molar-refractivity contribution in [3.05, 3.63) is 87.4 Å². The van der Waals surface area contributed by atoms with Crippen molar-refractivity contribution in [2.75, 3.05) is 12.4 Å². The van der Waals surface area contributed by atoms with E-state index in [1.807, 2.05) is 13.0 Å². The van der Waals surface area contributed by atoms with Crippen LogP contribution in [0, 0.1) is 18.3 Å². The number of nitrogens with zero attached hydrogens (tertiary/aromatic N) is 1. The molecule has 174 valence electrons. The third-order valence-corrected chi connectivity index (χ3v) is 6.26. The van der Waals surface area contributed by atoms with Gasteiger partial charge in [0.2, 0.25) is 5.75 Å². The lowest BCUT2D eigenvalue weighted by Crippen LogP contribution is -2.13. The number of amides is 1. The van der Waals surface area contributed by atoms with Crippen molar-refractivity contribution in [2.24, 2.45) is 0 Å². The third kappa shape index (κ3) is 6.08. The number of aryl methyl sites for hydroxylation is 1. The Morgan fingerprint density at radius 1 is 1.09 bits per heavy atom. The Balaban J connectivity index is 1.91. The number of nitrogens with one attached hydrogen (secondary N) is 1. The first kappa shape index (κ1) is 25.1. The second-order valence-electron chi connectivity index (χ2n) is 7.02. The Kier molecular flexibility index (Phi) is 7.84. The SMILES string of the molecule is COc1cc(/C=C(\C#N)C(=O)Nc2cccc(Cl)c2)cc(Cl)c1OS(=O)(=O)c1ccc(C)cc1. The van der Waals surface area contributed by atoms with Crippen molar-refractivity contribution in [1.29, 1.82) is 5.26 Å². The van der Waals surface area contributed by atoms with Gasteiger partial charge in [-0.3, -0.25) is 4.79 Å². The molecule has 3 aromatic rings. The maximum Gasteiger partial charge on any atom is 0.339 e. The molecule has 1 amide bonds. The van der Waals surface area contributed by atoms with Crippen molar-refractivity contribution >= 4 is 51.0 Å². The number of rotatable bonds is 7. The topological polar surface area (TPSA) is 105 Å². The van der Waals surface area contributed by atoms with Crippen molar-refractivity contribution in [3.63, 3.8) is 0 Å². The van der Waals surface area contributed by atoms with Crippen molar-refractivity contribution in [2.45, 2.75) is 11.8 Å². The average molecular weight is 517 g/mol. The average Bonchev–Trinajstić information content (AvgIpc) is 2.79. The number of nitriles is 1. The molecule has 0 aliphatic heterocycles. The Morgan fingerprint density at radius 3 is 2.41 bits per heavy atom. The van der Waals surface area contributed by atoms with Crippen LogP contribution in [0.1, 0.15) is 11.1 Å². The number of benzene rings is 3. The molecule has 0 aliphatic rings. The summed E-state index contributed by atoms with van der Waals surface area (Å²) in [6.07, 6.45) is 1.28. The minimum atomic E-state index is -4.18. The quantitative estimate of drug-likeness (QED) is 0.248. The van der Waals surface area contributed by atoms with E-state index in [1.165, 1.54) is 43.5 Å². The van der Waals surface area contributed by atoms with Crippen LogP contribution in [-0.4, -0.2) is 21.4 Å². The van der Waals surface area contributed by atoms with Gasteiger partial charge in [0.15, 0.2) is 5.75 Å². The van der Waals surface area contributed by atoms with E-state index in [0.717, 1.165) is 5.56 Å². The second kappa shape index (κ2) is 10.6. The molecule has 0 aliphatic carbocycles. The zero-order valence-corrected chi connectivity index (χ0v) is 20.3. The highest BCUT2D eigenvalue weighted by molar-refractivity contribution is 7.87. The summed E-state index contributed by atoms with van der Waals surface area (Å²) in [5, 5.41) is 12.4. The fourth-order valence-electron chi connectivity index (χ4n) is 2.85. The van der Waals surface area contributed by atoms with E-state index in [0.29, 0.717) is 16.3 Å². The van der Waals surface area contributed by atoms with Gasteiger partial charge in [0.1, 0.15) is 16.5 Å². The summed E-state index contributed by atoms with van der Waals surface area (Å²) in [6, 6.07) is 17.2. The maximum absolute atomic E-state index is 12.7. The Hall–Kier alpha value is -3.51. The van der Waals surface area contributed by atoms with E-state index in [1.54, 1.807) is 30.3 Å². The van der Waals surface area contributed by atoms with Crippen LogP contribution in [0.25, 0.3) is 6.08 Å². The molecule has 0 spiro atoms. The first-order valence-electron chi connectivity index (χ1n) is 9.70. The highest BCUT2D eigenvalue weighted by Gasteiger charge is 2.22. The van der Waals surface area contributed by atoms with Crippen LogP contribution < -0.4 is 14.2 Å². The van der Waals surface area contributed by atoms with Gasteiger partial charge in [-0.25, -0.2) is 0 Å². The lowest BCUT2D eigenvalue weighted by molar-refractivity contribution is -0.112. The van der Waals surface area contributed by atoms with E-state index >= 15 is 0 Å². The van der Waals surface area contributed by atoms with Crippen LogP contribution in [0.5, 0.6) is 11.5 Å². The number of methoxy groups -OCH3 is 1. The Labute approximate surface area is 207 Å². The van der Waals surface area contributed by atoms with E-state index in [4.69, 9.17) is 32.1 Å². The summed E-state index contributed by atoms with van der Waals surface area (Å²) in [6.45, 7) is 1.83. The molecule has 0 saturated heterocycles. The van der Waals surface area contributed by atoms with Gasteiger partial charge < -0.3 is 14.2 Å². The summed E-state index contributed by atoms with van der Waals surface area (Å²) in [7, 11) is -2.88. The molecule has 3 rings (SSSR count). The highest BCUT2D eigenvalue weighted by atomic mass is 35.5. The van der Waals surface area contributed by atoms with Crippen LogP contribution in [0.3, 0.4) is 0 Å². The summed E-state index contributed by atoms with van der Waals surface area (Å²) < 4.78 is 35.8. The zero-order chi connectivity index (χ0) is 24.9. The molecule has 10 heteroatoms. The zero-order valence-electron chi connectivity index (χ0n) is 18.0. The first-order valence-corrected chi connectivity index (χ1v) is 11.9. The molecule has 0 atom stereocenters. The molecule has 0 fully saturated rings. The number of hydrogen-bond acceptors (Lipinski definition) is 6. The number of carbonyl (C=O) groups excluding carboxylic acids is 1. The molecular formula is C24H18Cl2N2O5S. The normalized spacial score (nSPS) is 11.4. The minimum Gasteiger partial charge on any atom is -0.493 e. The Morgan fingerprint density at radius 2 is 1.79 bits per heavy atom. The predicted molar refractivity (Wildman–Crippen MR) is 131 cm³/mol. The van der Waals surface area contributed by atoms with Gasteiger partial charge in [0.05, 0.1) is 12.1 Å². The van der Waals surface area contributed by atoms with E-state index in [2.05, 4.69) is 5.32 Å². The van der Waals surface area contributed by atoms with Gasteiger partial charge >= 0.3 is 10.1 Å². The molecule has 1 N–H and O–H groups in total.